The van der Waals surface area contributed by atoms with Crippen molar-refractivity contribution in [3.05, 3.63) is 35.9 Å². The zero-order valence-corrected chi connectivity index (χ0v) is 19.0. The molecule has 1 aliphatic rings. The molecule has 0 aromatic heterocycles. The Hall–Kier alpha value is -2.98. The highest BCUT2D eigenvalue weighted by molar-refractivity contribution is 5.94. The number of amides is 3. The summed E-state index contributed by atoms with van der Waals surface area (Å²) in [4.78, 5) is 49.6. The number of nitrogens with one attached hydrogen (secondary N) is 4. The molecular weight excluding hydrogens is 428 g/mol. The van der Waals surface area contributed by atoms with Crippen molar-refractivity contribution in [3.8, 4) is 0 Å². The average molecular weight is 463 g/mol. The Balaban J connectivity index is 2.01. The Morgan fingerprint density at radius 1 is 1.00 bits per heavy atom. The summed E-state index contributed by atoms with van der Waals surface area (Å²) in [5, 5.41) is 29.8. The fraction of sp³-hybridized carbons (Fsp3) is 0.565. The van der Waals surface area contributed by atoms with Crippen molar-refractivity contribution in [1.82, 2.24) is 21.3 Å². The van der Waals surface area contributed by atoms with Crippen molar-refractivity contribution in [3.63, 3.8) is 0 Å². The molecule has 1 saturated heterocycles. The van der Waals surface area contributed by atoms with Gasteiger partial charge in [-0.25, -0.2) is 4.79 Å². The fourth-order valence-electron chi connectivity index (χ4n) is 3.67. The van der Waals surface area contributed by atoms with Crippen molar-refractivity contribution >= 4 is 23.7 Å². The molecule has 10 heteroatoms. The first-order valence-corrected chi connectivity index (χ1v) is 11.2. The van der Waals surface area contributed by atoms with Crippen LogP contribution in [-0.4, -0.2) is 71.2 Å². The van der Waals surface area contributed by atoms with Crippen LogP contribution in [0, 0.1) is 5.92 Å². The molecule has 1 heterocycles. The Morgan fingerprint density at radius 2 is 1.64 bits per heavy atom. The van der Waals surface area contributed by atoms with Crippen molar-refractivity contribution in [1.29, 1.82) is 0 Å². The predicted octanol–water partition coefficient (Wildman–Crippen LogP) is -0.441. The minimum absolute atomic E-state index is 0.0500. The minimum atomic E-state index is -1.36. The molecule has 1 aromatic rings. The summed E-state index contributed by atoms with van der Waals surface area (Å²) in [6.07, 6.45) is 1.95. The van der Waals surface area contributed by atoms with Crippen LogP contribution in [0.15, 0.2) is 30.3 Å². The zero-order chi connectivity index (χ0) is 24.4. The van der Waals surface area contributed by atoms with Crippen LogP contribution in [-0.2, 0) is 25.6 Å². The molecule has 4 atom stereocenters. The van der Waals surface area contributed by atoms with Crippen LogP contribution in [0.3, 0.4) is 0 Å². The number of rotatable bonds is 12. The molecule has 0 radical (unpaired) electrons. The van der Waals surface area contributed by atoms with Gasteiger partial charge in [0, 0.05) is 6.42 Å². The third-order valence-corrected chi connectivity index (χ3v) is 5.43. The van der Waals surface area contributed by atoms with Gasteiger partial charge in [-0.05, 0) is 37.3 Å². The van der Waals surface area contributed by atoms with Gasteiger partial charge >= 0.3 is 5.97 Å². The number of carbonyl (C=O) groups is 4. The molecule has 182 valence electrons. The lowest BCUT2D eigenvalue weighted by Crippen LogP contribution is -2.58. The summed E-state index contributed by atoms with van der Waals surface area (Å²) in [5.41, 5.74) is 0.718. The van der Waals surface area contributed by atoms with Gasteiger partial charge in [-0.2, -0.15) is 0 Å². The first kappa shape index (κ1) is 26.3. The van der Waals surface area contributed by atoms with Crippen LogP contribution in [0.5, 0.6) is 0 Å². The van der Waals surface area contributed by atoms with E-state index in [0.717, 1.165) is 18.5 Å². The first-order chi connectivity index (χ1) is 15.7. The van der Waals surface area contributed by atoms with E-state index in [-0.39, 0.29) is 24.3 Å². The number of carbonyl (C=O) groups excluding carboxylic acids is 3. The number of hydrogen-bond acceptors (Lipinski definition) is 6. The largest absolute Gasteiger partial charge is 0.480 e. The molecule has 10 nitrogen and oxygen atoms in total. The van der Waals surface area contributed by atoms with E-state index in [2.05, 4.69) is 21.3 Å². The van der Waals surface area contributed by atoms with Crippen LogP contribution in [0.4, 0.5) is 0 Å². The maximum absolute atomic E-state index is 12.9. The van der Waals surface area contributed by atoms with Gasteiger partial charge < -0.3 is 31.5 Å². The maximum Gasteiger partial charge on any atom is 0.326 e. The number of benzene rings is 1. The van der Waals surface area contributed by atoms with Gasteiger partial charge in [-0.15, -0.1) is 0 Å². The first-order valence-electron chi connectivity index (χ1n) is 11.2. The third kappa shape index (κ3) is 8.47. The van der Waals surface area contributed by atoms with E-state index in [1.165, 1.54) is 0 Å². The number of carboxylic acid groups (broad SMARTS) is 1. The van der Waals surface area contributed by atoms with Crippen molar-refractivity contribution in [2.24, 2.45) is 5.92 Å². The van der Waals surface area contributed by atoms with E-state index >= 15 is 0 Å². The summed E-state index contributed by atoms with van der Waals surface area (Å²) < 4.78 is 0. The number of hydrogen-bond donors (Lipinski definition) is 6. The number of aliphatic hydroxyl groups is 1. The van der Waals surface area contributed by atoms with Crippen LogP contribution in [0.2, 0.25) is 0 Å². The Kier molecular flexibility index (Phi) is 10.3. The molecule has 0 aliphatic carbocycles. The summed E-state index contributed by atoms with van der Waals surface area (Å²) in [7, 11) is 0. The van der Waals surface area contributed by atoms with E-state index in [1.54, 1.807) is 30.3 Å². The van der Waals surface area contributed by atoms with Crippen molar-refractivity contribution < 1.29 is 29.4 Å². The minimum Gasteiger partial charge on any atom is -0.480 e. The van der Waals surface area contributed by atoms with E-state index in [1.807, 2.05) is 13.8 Å². The fourth-order valence-corrected chi connectivity index (χ4v) is 3.67. The molecule has 1 aromatic carbocycles. The Bertz CT molecular complexity index is 810. The lowest BCUT2D eigenvalue weighted by molar-refractivity contribution is -0.142. The van der Waals surface area contributed by atoms with Crippen LogP contribution >= 0.6 is 0 Å². The zero-order valence-electron chi connectivity index (χ0n) is 19.0. The SMILES string of the molecule is CC(C)CC(NC(=O)C1CCCN1)C(=O)NC(CO)C(=O)NC(Cc1ccccc1)C(=O)O. The maximum atomic E-state index is 12.9. The Morgan fingerprint density at radius 3 is 2.18 bits per heavy atom. The van der Waals surface area contributed by atoms with Crippen molar-refractivity contribution in [2.75, 3.05) is 13.2 Å². The van der Waals surface area contributed by atoms with Gasteiger partial charge in [-0.1, -0.05) is 44.2 Å². The second kappa shape index (κ2) is 12.9. The number of carboxylic acids is 1. The van der Waals surface area contributed by atoms with Gasteiger partial charge in [0.25, 0.3) is 0 Å². The van der Waals surface area contributed by atoms with Gasteiger partial charge in [-0.3, -0.25) is 14.4 Å². The van der Waals surface area contributed by atoms with E-state index in [9.17, 15) is 29.4 Å². The summed E-state index contributed by atoms with van der Waals surface area (Å²) in [5.74, 6) is -2.86. The summed E-state index contributed by atoms with van der Waals surface area (Å²) in [6.45, 7) is 3.82. The highest BCUT2D eigenvalue weighted by Gasteiger charge is 2.31. The molecule has 4 unspecified atom stereocenters. The molecule has 0 spiro atoms. The Labute approximate surface area is 193 Å². The molecule has 0 bridgehead atoms. The molecule has 33 heavy (non-hydrogen) atoms. The molecule has 3 amide bonds. The summed E-state index contributed by atoms with van der Waals surface area (Å²) >= 11 is 0. The molecule has 0 saturated carbocycles. The van der Waals surface area contributed by atoms with Gasteiger partial charge in [0.2, 0.25) is 17.7 Å². The predicted molar refractivity (Wildman–Crippen MR) is 121 cm³/mol. The monoisotopic (exact) mass is 462 g/mol. The second-order valence-corrected chi connectivity index (χ2v) is 8.67. The summed E-state index contributed by atoms with van der Waals surface area (Å²) in [6, 6.07) is 4.97. The van der Waals surface area contributed by atoms with Crippen LogP contribution < -0.4 is 21.3 Å². The topological polar surface area (TPSA) is 157 Å². The highest BCUT2D eigenvalue weighted by Crippen LogP contribution is 2.09. The number of aliphatic hydroxyl groups excluding tert-OH is 1. The quantitative estimate of drug-likeness (QED) is 0.246. The lowest BCUT2D eigenvalue weighted by Gasteiger charge is -2.25. The lowest BCUT2D eigenvalue weighted by atomic mass is 10.0. The smallest absolute Gasteiger partial charge is 0.326 e. The average Bonchev–Trinajstić information content (AvgIpc) is 3.31. The molecule has 1 aliphatic heterocycles. The molecule has 2 rings (SSSR count). The highest BCUT2D eigenvalue weighted by atomic mass is 16.4. The standard InChI is InChI=1S/C23H34N4O6/c1-14(2)11-17(25-20(29)16-9-6-10-24-16)21(30)27-19(13-28)22(31)26-18(23(32)33)12-15-7-4-3-5-8-15/h3-5,7-8,14,16-19,24,28H,6,9-13H2,1-2H3,(H,25,29)(H,26,31)(H,27,30)(H,32,33). The van der Waals surface area contributed by atoms with Gasteiger partial charge in [0.15, 0.2) is 0 Å². The van der Waals surface area contributed by atoms with Crippen LogP contribution in [0.1, 0.15) is 38.7 Å². The van der Waals surface area contributed by atoms with E-state index in [4.69, 9.17) is 0 Å². The van der Waals surface area contributed by atoms with Gasteiger partial charge in [0.05, 0.1) is 12.6 Å². The molecule has 1 fully saturated rings. The number of aliphatic carboxylic acids is 1. The second-order valence-electron chi connectivity index (χ2n) is 8.67. The third-order valence-electron chi connectivity index (χ3n) is 5.43. The van der Waals surface area contributed by atoms with Crippen molar-refractivity contribution in [2.45, 2.75) is 63.7 Å². The van der Waals surface area contributed by atoms with E-state index in [0.29, 0.717) is 12.8 Å². The normalized spacial score (nSPS) is 18.2. The molecule has 6 N–H and O–H groups in total. The van der Waals surface area contributed by atoms with E-state index < -0.39 is 42.5 Å². The van der Waals surface area contributed by atoms with Gasteiger partial charge in [0.1, 0.15) is 18.1 Å². The molecular formula is C23H34N4O6. The van der Waals surface area contributed by atoms with Crippen LogP contribution in [0.25, 0.3) is 0 Å².